The molecule has 2 aliphatic heterocycles. The molecule has 0 saturated carbocycles. The average Bonchev–Trinajstić information content (AvgIpc) is 3.03. The Kier molecular flexibility index (Phi) is 8.04. The molecule has 1 aromatic carbocycles. The van der Waals surface area contributed by atoms with Crippen LogP contribution in [-0.4, -0.2) is 61.9 Å². The van der Waals surface area contributed by atoms with E-state index in [9.17, 15) is 19.6 Å². The quantitative estimate of drug-likeness (QED) is 0.333. The molecule has 2 amide bonds. The van der Waals surface area contributed by atoms with Gasteiger partial charge in [-0.05, 0) is 48.2 Å². The van der Waals surface area contributed by atoms with E-state index in [1.165, 1.54) is 27.7 Å². The number of rotatable bonds is 4. The van der Waals surface area contributed by atoms with Crippen molar-refractivity contribution in [1.82, 2.24) is 24.4 Å². The Labute approximate surface area is 262 Å². The number of carbonyl (C=O) groups is 2. The average molecular weight is 625 g/mol. The topological polar surface area (TPSA) is 137 Å². The second-order valence-corrected chi connectivity index (χ2v) is 11.5. The van der Waals surface area contributed by atoms with Crippen LogP contribution in [0.2, 0.25) is 0 Å². The van der Waals surface area contributed by atoms with Crippen molar-refractivity contribution in [3.05, 3.63) is 82.6 Å². The first-order chi connectivity index (χ1) is 22.1. The van der Waals surface area contributed by atoms with E-state index in [0.29, 0.717) is 16.9 Å². The highest BCUT2D eigenvalue weighted by Gasteiger charge is 2.33. The van der Waals surface area contributed by atoms with E-state index < -0.39 is 35.0 Å². The maximum absolute atomic E-state index is 16.2. The third kappa shape index (κ3) is 5.25. The zero-order valence-electron chi connectivity index (χ0n) is 25.3. The minimum absolute atomic E-state index is 0.00819. The number of carbonyl (C=O) groups excluding carboxylic acids is 2. The van der Waals surface area contributed by atoms with Gasteiger partial charge in [-0.1, -0.05) is 26.5 Å². The van der Waals surface area contributed by atoms with Gasteiger partial charge in [-0.2, -0.15) is 10.2 Å². The second kappa shape index (κ2) is 12.1. The number of fused-ring (bicyclic) bond motifs is 5. The monoisotopic (exact) mass is 624 g/mol. The number of nitriles is 1. The van der Waals surface area contributed by atoms with Crippen molar-refractivity contribution in [2.75, 3.05) is 29.9 Å². The highest BCUT2D eigenvalue weighted by atomic mass is 19.1. The van der Waals surface area contributed by atoms with Crippen LogP contribution in [0.1, 0.15) is 43.9 Å². The van der Waals surface area contributed by atoms with Gasteiger partial charge < -0.3 is 15.1 Å². The number of benzene rings is 1. The highest BCUT2D eigenvalue weighted by Crippen LogP contribution is 2.37. The van der Waals surface area contributed by atoms with Gasteiger partial charge in [0.25, 0.3) is 0 Å². The van der Waals surface area contributed by atoms with E-state index >= 15 is 8.78 Å². The van der Waals surface area contributed by atoms with Crippen LogP contribution in [0.3, 0.4) is 0 Å². The Hall–Kier alpha value is -5.51. The fourth-order valence-corrected chi connectivity index (χ4v) is 6.18. The minimum Gasteiger partial charge on any atom is -0.352 e. The normalized spacial score (nSPS) is 16.3. The van der Waals surface area contributed by atoms with Crippen LogP contribution >= 0.6 is 0 Å². The molecule has 0 aliphatic carbocycles. The number of hydrogen-bond donors (Lipinski definition) is 1. The molecule has 0 radical (unpaired) electrons. The zero-order valence-corrected chi connectivity index (χ0v) is 25.3. The fraction of sp³-hybridized carbons (Fsp3) is 0.303. The van der Waals surface area contributed by atoms with E-state index in [1.54, 1.807) is 17.2 Å². The third-order valence-corrected chi connectivity index (χ3v) is 8.32. The number of pyridine rings is 2. The van der Waals surface area contributed by atoms with Gasteiger partial charge in [0, 0.05) is 32.3 Å². The number of halogens is 2. The van der Waals surface area contributed by atoms with Gasteiger partial charge in [0.1, 0.15) is 17.3 Å². The SMILES string of the molecule is C=CC(=O)N1CCN(c2nc(=O)n3c4nc(c(F)cc24)-c2c(F)cccc2NC(=O)CCc2ccnc(C(C)C)c2-3)C[C@@H]1CC#N. The van der Waals surface area contributed by atoms with Crippen molar-refractivity contribution in [1.29, 1.82) is 5.26 Å². The van der Waals surface area contributed by atoms with Crippen molar-refractivity contribution in [2.45, 2.75) is 45.1 Å². The Bertz CT molecular complexity index is 2020. The molecule has 2 bridgehead atoms. The summed E-state index contributed by atoms with van der Waals surface area (Å²) in [5.74, 6) is -2.51. The summed E-state index contributed by atoms with van der Waals surface area (Å²) in [7, 11) is 0. The summed E-state index contributed by atoms with van der Waals surface area (Å²) >= 11 is 0. The van der Waals surface area contributed by atoms with Gasteiger partial charge in [0.05, 0.1) is 46.6 Å². The van der Waals surface area contributed by atoms with Crippen molar-refractivity contribution in [3.63, 3.8) is 0 Å². The second-order valence-electron chi connectivity index (χ2n) is 11.5. The standard InChI is InChI=1S/C33H30F2N8O3/c1-4-26(45)42-15-14-41(17-20(42)10-12-36)31-21-16-23(35)29-27-22(34)6-5-7-24(27)38-25(44)9-8-19-11-13-37-28(18(2)3)30(19)43(32(21)39-29)33(46)40-31/h4-7,11,13,16,18,20H,1,8-10,14-15,17H2,2-3H3,(H,38,44)/t20-/m0/s1. The molecule has 5 heterocycles. The summed E-state index contributed by atoms with van der Waals surface area (Å²) in [5, 5.41) is 12.4. The summed E-state index contributed by atoms with van der Waals surface area (Å²) in [5.41, 5.74) is 0.219. The van der Waals surface area contributed by atoms with Gasteiger partial charge in [-0.3, -0.25) is 14.6 Å². The highest BCUT2D eigenvalue weighted by molar-refractivity contribution is 5.97. The summed E-state index contributed by atoms with van der Waals surface area (Å²) in [6.45, 7) is 7.95. The summed E-state index contributed by atoms with van der Waals surface area (Å²) in [4.78, 5) is 56.6. The molecule has 3 aromatic heterocycles. The molecule has 46 heavy (non-hydrogen) atoms. The smallest absolute Gasteiger partial charge is 0.352 e. The van der Waals surface area contributed by atoms with Crippen LogP contribution in [0.4, 0.5) is 20.3 Å². The molecule has 0 unspecified atom stereocenters. The lowest BCUT2D eigenvalue weighted by atomic mass is 10.00. The van der Waals surface area contributed by atoms with E-state index in [4.69, 9.17) is 0 Å². The summed E-state index contributed by atoms with van der Waals surface area (Å²) in [6, 6.07) is 8.44. The van der Waals surface area contributed by atoms with Gasteiger partial charge in [0.15, 0.2) is 11.5 Å². The molecule has 0 spiro atoms. The van der Waals surface area contributed by atoms with Gasteiger partial charge in [-0.25, -0.2) is 23.1 Å². The van der Waals surface area contributed by atoms with E-state index in [1.807, 2.05) is 13.8 Å². The first-order valence-electron chi connectivity index (χ1n) is 14.9. The fourth-order valence-electron chi connectivity index (χ4n) is 6.18. The van der Waals surface area contributed by atoms with Crippen LogP contribution in [-0.2, 0) is 16.0 Å². The molecule has 1 fully saturated rings. The lowest BCUT2D eigenvalue weighted by Crippen LogP contribution is -2.55. The molecule has 13 heteroatoms. The Morgan fingerprint density at radius 3 is 2.72 bits per heavy atom. The largest absolute Gasteiger partial charge is 0.355 e. The number of nitrogens with zero attached hydrogens (tertiary/aromatic N) is 7. The van der Waals surface area contributed by atoms with E-state index in [2.05, 4.69) is 32.9 Å². The molecule has 11 nitrogen and oxygen atoms in total. The first kappa shape index (κ1) is 30.5. The molecule has 1 N–H and O–H groups in total. The van der Waals surface area contributed by atoms with Gasteiger partial charge in [0.2, 0.25) is 11.8 Å². The van der Waals surface area contributed by atoms with Gasteiger partial charge >= 0.3 is 5.69 Å². The predicted molar refractivity (Wildman–Crippen MR) is 167 cm³/mol. The van der Waals surface area contributed by atoms with Crippen LogP contribution < -0.4 is 15.9 Å². The molecule has 1 saturated heterocycles. The van der Waals surface area contributed by atoms with Crippen molar-refractivity contribution in [2.24, 2.45) is 0 Å². The Balaban J connectivity index is 1.68. The van der Waals surface area contributed by atoms with Crippen LogP contribution in [0.5, 0.6) is 0 Å². The number of anilines is 2. The predicted octanol–water partition coefficient (Wildman–Crippen LogP) is 4.25. The van der Waals surface area contributed by atoms with Crippen LogP contribution in [0.15, 0.2) is 54.0 Å². The number of hydrogen-bond acceptors (Lipinski definition) is 8. The Morgan fingerprint density at radius 1 is 1.17 bits per heavy atom. The van der Waals surface area contributed by atoms with Gasteiger partial charge in [-0.15, -0.1) is 0 Å². The molecule has 4 aromatic rings. The number of aromatic nitrogens is 4. The molecule has 6 rings (SSSR count). The number of nitrogens with one attached hydrogen (secondary N) is 1. The van der Waals surface area contributed by atoms with E-state index in [-0.39, 0.29) is 78.8 Å². The molecule has 2 aliphatic rings. The zero-order chi connectivity index (χ0) is 32.7. The van der Waals surface area contributed by atoms with Crippen molar-refractivity contribution in [3.8, 4) is 23.0 Å². The lowest BCUT2D eigenvalue weighted by Gasteiger charge is -2.41. The van der Waals surface area contributed by atoms with Crippen molar-refractivity contribution >= 4 is 34.4 Å². The number of piperazine rings is 1. The lowest BCUT2D eigenvalue weighted by molar-refractivity contribution is -0.128. The van der Waals surface area contributed by atoms with E-state index in [0.717, 1.165) is 12.1 Å². The number of aryl methyl sites for hydroxylation is 1. The summed E-state index contributed by atoms with van der Waals surface area (Å²) in [6.07, 6.45) is 3.01. The molecule has 1 atom stereocenters. The molecular formula is C33H30F2N8O3. The van der Waals surface area contributed by atoms with Crippen molar-refractivity contribution < 1.29 is 18.4 Å². The number of amides is 2. The maximum Gasteiger partial charge on any atom is 0.355 e. The van der Waals surface area contributed by atoms with Crippen LogP contribution in [0, 0.1) is 23.0 Å². The minimum atomic E-state index is -0.900. The summed E-state index contributed by atoms with van der Waals surface area (Å²) < 4.78 is 32.9. The third-order valence-electron chi connectivity index (χ3n) is 8.32. The molecular weight excluding hydrogens is 594 g/mol. The maximum atomic E-state index is 16.2. The van der Waals surface area contributed by atoms with Crippen LogP contribution in [0.25, 0.3) is 28.0 Å². The first-order valence-corrected chi connectivity index (χ1v) is 14.9. The molecule has 234 valence electrons. The Morgan fingerprint density at radius 2 is 1.98 bits per heavy atom.